The normalized spacial score (nSPS) is 19.8. The van der Waals surface area contributed by atoms with Crippen LogP contribution in [0.2, 0.25) is 0 Å². The van der Waals surface area contributed by atoms with Crippen molar-refractivity contribution in [2.75, 3.05) is 5.73 Å². The number of anilines is 1. The van der Waals surface area contributed by atoms with E-state index in [2.05, 4.69) is 12.1 Å². The molecule has 0 aliphatic carbocycles. The first kappa shape index (κ1) is 18.4. The quantitative estimate of drug-likeness (QED) is 0.502. The van der Waals surface area contributed by atoms with Crippen molar-refractivity contribution in [1.82, 2.24) is 0 Å². The lowest BCUT2D eigenvalue weighted by Gasteiger charge is -2.32. The van der Waals surface area contributed by atoms with Crippen molar-refractivity contribution >= 4 is 31.6 Å². The number of nitrogens with two attached hydrogens (primary N) is 2. The molecule has 3 rings (SSSR count). The molecule has 0 saturated carbocycles. The lowest BCUT2D eigenvalue weighted by molar-refractivity contribution is 0.00578. The Morgan fingerprint density at radius 2 is 1.56 bits per heavy atom. The van der Waals surface area contributed by atoms with Crippen molar-refractivity contribution in [2.45, 2.75) is 45.1 Å². The second kappa shape index (κ2) is 6.73. The summed E-state index contributed by atoms with van der Waals surface area (Å²) in [6, 6.07) is 16.2. The van der Waals surface area contributed by atoms with E-state index in [0.717, 1.165) is 16.9 Å². The van der Waals surface area contributed by atoms with Crippen LogP contribution in [0.1, 0.15) is 33.3 Å². The molecule has 4 nitrogen and oxygen atoms in total. The van der Waals surface area contributed by atoms with Crippen LogP contribution in [0, 0.1) is 0 Å². The molecule has 1 fully saturated rings. The Bertz CT molecular complexity index is 736. The first-order valence-electron chi connectivity index (χ1n) is 8.51. The van der Waals surface area contributed by atoms with Gasteiger partial charge in [-0.3, -0.25) is 0 Å². The molecule has 2 aromatic carbocycles. The second-order valence-corrected chi connectivity index (χ2v) is 9.26. The summed E-state index contributed by atoms with van der Waals surface area (Å²) in [4.78, 5) is 0. The molecule has 1 saturated heterocycles. The molecular weight excluding hydrogens is 330 g/mol. The van der Waals surface area contributed by atoms with Crippen LogP contribution in [-0.4, -0.2) is 18.3 Å². The van der Waals surface area contributed by atoms with Gasteiger partial charge in [0.15, 0.2) is 0 Å². The summed E-state index contributed by atoms with van der Waals surface area (Å²) in [6.45, 7) is 8.18. The molecule has 0 radical (unpaired) electrons. The van der Waals surface area contributed by atoms with Crippen LogP contribution in [0.3, 0.4) is 0 Å². The number of nitrogen functional groups attached to an aromatic ring is 1. The molecule has 0 amide bonds. The van der Waals surface area contributed by atoms with Gasteiger partial charge < -0.3 is 20.5 Å². The minimum Gasteiger partial charge on any atom is -0.399 e. The molecule has 1 atom stereocenters. The molecule has 25 heavy (non-hydrogen) atoms. The summed E-state index contributed by atoms with van der Waals surface area (Å²) in [5.74, 6) is 0. The predicted molar refractivity (Wildman–Crippen MR) is 107 cm³/mol. The fraction of sp³-hybridized carbons (Fsp3) is 0.368. The summed E-state index contributed by atoms with van der Waals surface area (Å²) < 4.78 is 12.2. The topological polar surface area (TPSA) is 70.5 Å². The Labute approximate surface area is 151 Å². The van der Waals surface area contributed by atoms with Crippen molar-refractivity contribution in [3.05, 3.63) is 54.1 Å². The lowest BCUT2D eigenvalue weighted by Crippen LogP contribution is -2.41. The van der Waals surface area contributed by atoms with Gasteiger partial charge in [0.1, 0.15) is 0 Å². The number of benzene rings is 2. The van der Waals surface area contributed by atoms with Crippen LogP contribution in [0.4, 0.5) is 5.69 Å². The zero-order chi connectivity index (χ0) is 18.2. The third-order valence-electron chi connectivity index (χ3n) is 5.08. The van der Waals surface area contributed by atoms with Crippen molar-refractivity contribution in [1.29, 1.82) is 0 Å². The Morgan fingerprint density at radius 1 is 0.960 bits per heavy atom. The van der Waals surface area contributed by atoms with Crippen molar-refractivity contribution in [3.63, 3.8) is 0 Å². The minimum atomic E-state index is -0.842. The maximum atomic E-state index is 6.44. The van der Waals surface area contributed by atoms with Gasteiger partial charge in [-0.25, -0.2) is 0 Å². The third kappa shape index (κ3) is 3.75. The predicted octanol–water partition coefficient (Wildman–Crippen LogP) is 2.75. The number of hydrogen-bond donors (Lipinski definition) is 2. The van der Waals surface area contributed by atoms with Gasteiger partial charge in [-0.1, -0.05) is 42.5 Å². The van der Waals surface area contributed by atoms with Crippen molar-refractivity contribution < 1.29 is 9.31 Å². The van der Waals surface area contributed by atoms with E-state index in [1.54, 1.807) is 0 Å². The Hall–Kier alpha value is -1.39. The van der Waals surface area contributed by atoms with Crippen molar-refractivity contribution in [3.8, 4) is 0 Å². The summed E-state index contributed by atoms with van der Waals surface area (Å²) >= 11 is 0. The zero-order valence-electron chi connectivity index (χ0n) is 15.3. The SMILES string of the molecule is CC1(C)OB(c2ccc(P(N)Cc3ccccc3)c(N)c2)OC1(C)C. The van der Waals surface area contributed by atoms with E-state index in [1.165, 1.54) is 5.56 Å². The van der Waals surface area contributed by atoms with E-state index in [0.29, 0.717) is 5.69 Å². The van der Waals surface area contributed by atoms with Crippen LogP contribution in [0.5, 0.6) is 0 Å². The molecule has 1 heterocycles. The molecule has 1 aliphatic rings. The van der Waals surface area contributed by atoms with Crippen LogP contribution in [0.25, 0.3) is 0 Å². The van der Waals surface area contributed by atoms with Crippen LogP contribution >= 0.6 is 8.07 Å². The van der Waals surface area contributed by atoms with Crippen LogP contribution in [0.15, 0.2) is 48.5 Å². The average Bonchev–Trinajstić information content (AvgIpc) is 2.76. The highest BCUT2D eigenvalue weighted by molar-refractivity contribution is 7.62. The van der Waals surface area contributed by atoms with E-state index in [4.69, 9.17) is 20.5 Å². The van der Waals surface area contributed by atoms with E-state index >= 15 is 0 Å². The van der Waals surface area contributed by atoms with Gasteiger partial charge >= 0.3 is 7.12 Å². The summed E-state index contributed by atoms with van der Waals surface area (Å²) in [7, 11) is -1.25. The molecule has 0 aromatic heterocycles. The van der Waals surface area contributed by atoms with E-state index in [1.807, 2.05) is 64.1 Å². The smallest absolute Gasteiger partial charge is 0.399 e. The Kier molecular flexibility index (Phi) is 4.96. The molecule has 6 heteroatoms. The van der Waals surface area contributed by atoms with E-state index in [9.17, 15) is 0 Å². The monoisotopic (exact) mass is 356 g/mol. The van der Waals surface area contributed by atoms with Crippen molar-refractivity contribution in [2.24, 2.45) is 5.50 Å². The summed E-state index contributed by atoms with van der Waals surface area (Å²) in [5, 5.41) is 1.01. The molecule has 132 valence electrons. The molecule has 1 unspecified atom stereocenters. The highest BCUT2D eigenvalue weighted by atomic mass is 31.1. The van der Waals surface area contributed by atoms with Crippen LogP contribution in [-0.2, 0) is 15.5 Å². The lowest BCUT2D eigenvalue weighted by atomic mass is 9.79. The van der Waals surface area contributed by atoms with Gasteiger partial charge in [-0.15, -0.1) is 0 Å². The van der Waals surface area contributed by atoms with Gasteiger partial charge in [0.2, 0.25) is 0 Å². The maximum Gasteiger partial charge on any atom is 0.494 e. The first-order chi connectivity index (χ1) is 11.7. The fourth-order valence-electron chi connectivity index (χ4n) is 2.83. The highest BCUT2D eigenvalue weighted by Gasteiger charge is 2.51. The zero-order valence-corrected chi connectivity index (χ0v) is 16.2. The molecule has 2 aromatic rings. The summed E-state index contributed by atoms with van der Waals surface area (Å²) in [5.41, 5.74) is 14.9. The number of hydrogen-bond acceptors (Lipinski definition) is 4. The molecule has 1 aliphatic heterocycles. The molecule has 0 bridgehead atoms. The standard InChI is InChI=1S/C19H26BN2O2P/c1-18(2)19(3,4)24-20(23-18)15-10-11-17(16(21)12-15)25(22)13-14-8-6-5-7-9-14/h5-12H,13,21-22H2,1-4H3. The van der Waals surface area contributed by atoms with Gasteiger partial charge in [-0.2, -0.15) is 0 Å². The Balaban J connectivity index is 1.78. The summed E-state index contributed by atoms with van der Waals surface area (Å²) in [6.07, 6.45) is 0.816. The number of rotatable bonds is 4. The van der Waals surface area contributed by atoms with E-state index in [-0.39, 0.29) is 11.2 Å². The third-order valence-corrected chi connectivity index (χ3v) is 6.81. The molecule has 4 N–H and O–H groups in total. The van der Waals surface area contributed by atoms with Gasteiger partial charge in [0.25, 0.3) is 0 Å². The highest BCUT2D eigenvalue weighted by Crippen LogP contribution is 2.37. The van der Waals surface area contributed by atoms with Crippen LogP contribution < -0.4 is 22.0 Å². The molecular formula is C19H26BN2O2P. The second-order valence-electron chi connectivity index (χ2n) is 7.52. The minimum absolute atomic E-state index is 0.362. The van der Waals surface area contributed by atoms with E-state index < -0.39 is 15.2 Å². The maximum absolute atomic E-state index is 6.44. The largest absolute Gasteiger partial charge is 0.494 e. The Morgan fingerprint density at radius 3 is 2.12 bits per heavy atom. The first-order valence-corrected chi connectivity index (χ1v) is 10.1. The average molecular weight is 356 g/mol. The van der Waals surface area contributed by atoms with Gasteiger partial charge in [0, 0.05) is 17.2 Å². The van der Waals surface area contributed by atoms with Gasteiger partial charge in [-0.05, 0) is 52.9 Å². The fourth-order valence-corrected chi connectivity index (χ4v) is 4.26. The molecule has 0 spiro atoms. The van der Waals surface area contributed by atoms with Gasteiger partial charge in [0.05, 0.1) is 11.2 Å².